The van der Waals surface area contributed by atoms with Crippen molar-refractivity contribution in [1.82, 2.24) is 14.9 Å². The molecule has 226 valence electrons. The van der Waals surface area contributed by atoms with Gasteiger partial charge in [0.1, 0.15) is 11.5 Å². The number of hydrogen-bond donors (Lipinski definition) is 1. The minimum Gasteiger partial charge on any atom is -0.476 e. The smallest absolute Gasteiger partial charge is 0.262 e. The highest BCUT2D eigenvalue weighted by atomic mass is 35.5. The lowest BCUT2D eigenvalue weighted by molar-refractivity contribution is -0.125. The van der Waals surface area contributed by atoms with E-state index >= 15 is 0 Å². The Hall–Kier alpha value is -3.80. The van der Waals surface area contributed by atoms with E-state index in [1.807, 2.05) is 37.2 Å². The summed E-state index contributed by atoms with van der Waals surface area (Å²) >= 11 is 0. The van der Waals surface area contributed by atoms with Crippen molar-refractivity contribution in [3.8, 4) is 17.0 Å². The highest BCUT2D eigenvalue weighted by molar-refractivity contribution is 7.92. The second-order valence-corrected chi connectivity index (χ2v) is 12.9. The van der Waals surface area contributed by atoms with Crippen LogP contribution in [0.4, 0.5) is 15.8 Å². The number of carbonyl (C=O) groups is 1. The van der Waals surface area contributed by atoms with Gasteiger partial charge in [0.2, 0.25) is 11.8 Å². The van der Waals surface area contributed by atoms with Gasteiger partial charge >= 0.3 is 0 Å². The maximum atomic E-state index is 13.5. The summed E-state index contributed by atoms with van der Waals surface area (Å²) in [4.78, 5) is 26.0. The zero-order chi connectivity index (χ0) is 29.6. The number of aromatic nitrogens is 2. The number of likely N-dealkylation sites (N-methyl/N-ethyl adjacent to an activating group) is 1. The number of rotatable bonds is 9. The van der Waals surface area contributed by atoms with Crippen molar-refractivity contribution in [1.29, 1.82) is 0 Å². The second kappa shape index (κ2) is 11.7. The summed E-state index contributed by atoms with van der Waals surface area (Å²) in [5, 5.41) is 0.903. The maximum absolute atomic E-state index is 13.5. The van der Waals surface area contributed by atoms with Gasteiger partial charge in [0.05, 0.1) is 34.3 Å². The summed E-state index contributed by atoms with van der Waals surface area (Å²) in [6, 6.07) is 12.1. The average molecular weight is 626 g/mol. The molecule has 4 aromatic rings. The van der Waals surface area contributed by atoms with Crippen LogP contribution in [0.25, 0.3) is 22.0 Å². The quantitative estimate of drug-likeness (QED) is 0.249. The first-order valence-corrected chi connectivity index (χ1v) is 15.4. The fourth-order valence-corrected chi connectivity index (χ4v) is 6.86. The Kier molecular flexibility index (Phi) is 8.34. The first-order chi connectivity index (χ1) is 20.1. The molecule has 1 spiro atoms. The van der Waals surface area contributed by atoms with Crippen molar-refractivity contribution in [3.63, 3.8) is 0 Å². The van der Waals surface area contributed by atoms with E-state index in [4.69, 9.17) is 4.74 Å². The number of pyridine rings is 2. The molecule has 1 saturated carbocycles. The molecule has 0 bridgehead atoms. The molecule has 1 amide bonds. The number of amides is 1. The van der Waals surface area contributed by atoms with Gasteiger partial charge in [-0.25, -0.2) is 17.8 Å². The van der Waals surface area contributed by atoms with Crippen LogP contribution in [-0.2, 0) is 20.2 Å². The number of hydrogen-bond acceptors (Lipinski definition) is 7. The third-order valence-corrected chi connectivity index (χ3v) is 9.53. The van der Waals surface area contributed by atoms with Crippen molar-refractivity contribution in [2.45, 2.75) is 36.0 Å². The second-order valence-electron chi connectivity index (χ2n) is 11.2. The molecule has 2 aromatic carbocycles. The standard InChI is InChI=1S/C31H32FN5O4S.ClH/c1-36(2)14-5-15-41-29-26(35-42(39,40)23-9-7-22(32)8-10-23)17-21(18-34-29)20-6-11-25-24(16-20)28-27(19-33-25)37(3)30(38)31(28)12-4-13-31;/h6-11,16-19,35H,4-5,12-15H2,1-3H3;1H. The molecule has 9 nitrogen and oxygen atoms in total. The topological polar surface area (TPSA) is 105 Å². The SMILES string of the molecule is CN(C)CCCOc1ncc(-c2ccc3ncc4c(c3c2)C2(CCC2)C(=O)N4C)cc1NS(=O)(=O)c1ccc(F)cc1.Cl. The number of carbonyl (C=O) groups excluding carboxylic acids is 1. The molecule has 3 heterocycles. The monoisotopic (exact) mass is 625 g/mol. The number of benzene rings is 2. The van der Waals surface area contributed by atoms with Crippen LogP contribution < -0.4 is 14.4 Å². The maximum Gasteiger partial charge on any atom is 0.262 e. The summed E-state index contributed by atoms with van der Waals surface area (Å²) in [5.41, 5.74) is 3.75. The Morgan fingerprint density at radius 1 is 1.05 bits per heavy atom. The molecule has 6 rings (SSSR count). The molecule has 1 aliphatic carbocycles. The lowest BCUT2D eigenvalue weighted by atomic mass is 9.64. The van der Waals surface area contributed by atoms with Gasteiger partial charge in [-0.2, -0.15) is 0 Å². The van der Waals surface area contributed by atoms with Crippen LogP contribution in [-0.4, -0.2) is 63.5 Å². The van der Waals surface area contributed by atoms with Gasteiger partial charge in [-0.15, -0.1) is 12.4 Å². The van der Waals surface area contributed by atoms with Gasteiger partial charge in [0.15, 0.2) is 0 Å². The number of anilines is 2. The minimum absolute atomic E-state index is 0. The van der Waals surface area contributed by atoms with Crippen LogP contribution in [0.15, 0.2) is 65.8 Å². The van der Waals surface area contributed by atoms with Gasteiger partial charge < -0.3 is 14.5 Å². The van der Waals surface area contributed by atoms with Gasteiger partial charge in [0.25, 0.3) is 10.0 Å². The molecule has 1 aliphatic heterocycles. The summed E-state index contributed by atoms with van der Waals surface area (Å²) in [6.45, 7) is 1.14. The van der Waals surface area contributed by atoms with E-state index < -0.39 is 21.3 Å². The van der Waals surface area contributed by atoms with Crippen molar-refractivity contribution >= 4 is 50.6 Å². The predicted octanol–water partition coefficient (Wildman–Crippen LogP) is 5.39. The molecule has 0 unspecified atom stereocenters. The van der Waals surface area contributed by atoms with E-state index in [9.17, 15) is 17.6 Å². The zero-order valence-electron chi connectivity index (χ0n) is 24.1. The predicted molar refractivity (Wildman–Crippen MR) is 167 cm³/mol. The van der Waals surface area contributed by atoms with E-state index in [1.165, 1.54) is 12.1 Å². The molecule has 1 fully saturated rings. The lowest BCUT2D eigenvalue weighted by Crippen LogP contribution is -2.43. The summed E-state index contributed by atoms with van der Waals surface area (Å²) in [5.74, 6) is -0.276. The molecule has 2 aromatic heterocycles. The zero-order valence-corrected chi connectivity index (χ0v) is 25.8. The van der Waals surface area contributed by atoms with E-state index in [0.717, 1.165) is 72.1 Å². The Morgan fingerprint density at radius 2 is 1.79 bits per heavy atom. The van der Waals surface area contributed by atoms with Crippen LogP contribution in [0, 0.1) is 5.82 Å². The Balaban J connectivity index is 0.00000368. The molecule has 12 heteroatoms. The fraction of sp³-hybridized carbons (Fsp3) is 0.323. The van der Waals surface area contributed by atoms with Gasteiger partial charge in [-0.1, -0.05) is 12.5 Å². The van der Waals surface area contributed by atoms with E-state index in [0.29, 0.717) is 12.2 Å². The fourth-order valence-electron chi connectivity index (χ4n) is 5.82. The number of halogens is 2. The minimum atomic E-state index is -4.06. The Bertz CT molecular complexity index is 1800. The van der Waals surface area contributed by atoms with Crippen molar-refractivity contribution in [2.75, 3.05) is 43.9 Å². The molecular formula is C31H33ClFN5O4S. The van der Waals surface area contributed by atoms with Crippen molar-refractivity contribution in [3.05, 3.63) is 72.3 Å². The van der Waals surface area contributed by atoms with Crippen LogP contribution in [0.2, 0.25) is 0 Å². The number of fused-ring (bicyclic) bond motifs is 4. The van der Waals surface area contributed by atoms with E-state index in [1.54, 1.807) is 30.4 Å². The van der Waals surface area contributed by atoms with Crippen LogP contribution >= 0.6 is 12.4 Å². The molecule has 0 saturated heterocycles. The third kappa shape index (κ3) is 5.52. The van der Waals surface area contributed by atoms with Gasteiger partial charge in [-0.05, 0) is 81.4 Å². The molecule has 43 heavy (non-hydrogen) atoms. The summed E-state index contributed by atoms with van der Waals surface area (Å²) in [6.07, 6.45) is 6.75. The number of nitrogens with zero attached hydrogens (tertiary/aromatic N) is 4. The van der Waals surface area contributed by atoms with Crippen LogP contribution in [0.5, 0.6) is 5.88 Å². The molecule has 1 N–H and O–H groups in total. The largest absolute Gasteiger partial charge is 0.476 e. The summed E-state index contributed by atoms with van der Waals surface area (Å²) < 4.78 is 48.4. The Labute approximate surface area is 256 Å². The van der Waals surface area contributed by atoms with Crippen LogP contribution in [0.3, 0.4) is 0 Å². The normalized spacial score (nSPS) is 15.4. The molecule has 2 aliphatic rings. The van der Waals surface area contributed by atoms with E-state index in [-0.39, 0.29) is 34.8 Å². The summed E-state index contributed by atoms with van der Waals surface area (Å²) in [7, 11) is 1.66. The average Bonchev–Trinajstić information content (AvgIpc) is 3.18. The number of nitrogens with one attached hydrogen (secondary N) is 1. The van der Waals surface area contributed by atoms with Crippen LogP contribution in [0.1, 0.15) is 31.2 Å². The number of ether oxygens (including phenoxy) is 1. The Morgan fingerprint density at radius 3 is 2.47 bits per heavy atom. The van der Waals surface area contributed by atoms with Gasteiger partial charge in [-0.3, -0.25) is 14.5 Å². The lowest BCUT2D eigenvalue weighted by Gasteiger charge is -2.37. The van der Waals surface area contributed by atoms with Gasteiger partial charge in [0, 0.05) is 36.3 Å². The first-order valence-electron chi connectivity index (χ1n) is 13.9. The molecule has 0 radical (unpaired) electrons. The number of sulfonamides is 1. The highest BCUT2D eigenvalue weighted by Crippen LogP contribution is 2.55. The molecular weight excluding hydrogens is 593 g/mol. The highest BCUT2D eigenvalue weighted by Gasteiger charge is 2.54. The van der Waals surface area contributed by atoms with Crippen molar-refractivity contribution < 1.29 is 22.3 Å². The molecule has 0 atom stereocenters. The van der Waals surface area contributed by atoms with Crippen molar-refractivity contribution in [2.24, 2.45) is 0 Å². The third-order valence-electron chi connectivity index (χ3n) is 8.15. The van der Waals surface area contributed by atoms with E-state index in [2.05, 4.69) is 14.7 Å². The first kappa shape index (κ1) is 30.7.